The summed E-state index contributed by atoms with van der Waals surface area (Å²) in [6.07, 6.45) is -2.65. The van der Waals surface area contributed by atoms with Crippen molar-refractivity contribution >= 4 is 48.5 Å². The molecule has 3 rings (SSSR count). The number of alkyl halides is 2. The smallest absolute Gasteiger partial charge is 0.257 e. The number of fused-ring (bicyclic) bond motifs is 1. The van der Waals surface area contributed by atoms with Gasteiger partial charge in [-0.15, -0.1) is 0 Å². The van der Waals surface area contributed by atoms with E-state index in [1.807, 2.05) is 0 Å². The molecule has 156 valence electrons. The molecule has 11 heteroatoms. The van der Waals surface area contributed by atoms with E-state index in [4.69, 9.17) is 16.3 Å². The fourth-order valence-electron chi connectivity index (χ4n) is 2.85. The maximum atomic E-state index is 12.9. The Bertz CT molecular complexity index is 1120. The van der Waals surface area contributed by atoms with Crippen LogP contribution in [0, 0.1) is 0 Å². The number of halogens is 4. The van der Waals surface area contributed by atoms with Crippen LogP contribution in [0.1, 0.15) is 11.3 Å². The summed E-state index contributed by atoms with van der Waals surface area (Å²) in [7, 11) is -2.26. The van der Waals surface area contributed by atoms with Crippen LogP contribution in [0.3, 0.4) is 0 Å². The molecule has 0 saturated carbocycles. The Balaban J connectivity index is 1.86. The molecule has 29 heavy (non-hydrogen) atoms. The second-order valence-corrected chi connectivity index (χ2v) is 9.27. The lowest BCUT2D eigenvalue weighted by Gasteiger charge is -2.07. The Hall–Kier alpha value is -1.75. The van der Waals surface area contributed by atoms with Crippen LogP contribution >= 0.6 is 27.5 Å². The number of nitrogens with one attached hydrogen (secondary N) is 1. The maximum Gasteiger partial charge on any atom is 0.257 e. The highest BCUT2D eigenvalue weighted by molar-refractivity contribution is 9.10. The van der Waals surface area contributed by atoms with Gasteiger partial charge in [0.2, 0.25) is 10.0 Å². The average molecular weight is 509 g/mol. The van der Waals surface area contributed by atoms with Gasteiger partial charge in [-0.1, -0.05) is 23.7 Å². The molecule has 0 fully saturated rings. The molecule has 2 aromatic carbocycles. The second kappa shape index (κ2) is 8.95. The summed E-state index contributed by atoms with van der Waals surface area (Å²) in [5, 5.41) is 4.67. The van der Waals surface area contributed by atoms with Gasteiger partial charge in [0.05, 0.1) is 23.3 Å². The number of aromatic nitrogens is 2. The first-order chi connectivity index (χ1) is 13.7. The molecule has 0 spiro atoms. The van der Waals surface area contributed by atoms with Gasteiger partial charge in [-0.05, 0) is 45.8 Å². The van der Waals surface area contributed by atoms with Gasteiger partial charge >= 0.3 is 0 Å². The Morgan fingerprint density at radius 2 is 1.93 bits per heavy atom. The number of ether oxygens (including phenoxy) is 1. The predicted molar refractivity (Wildman–Crippen MR) is 111 cm³/mol. The van der Waals surface area contributed by atoms with Gasteiger partial charge in [-0.2, -0.15) is 5.10 Å². The van der Waals surface area contributed by atoms with Gasteiger partial charge < -0.3 is 4.74 Å². The Kier molecular flexibility index (Phi) is 6.77. The van der Waals surface area contributed by atoms with E-state index >= 15 is 0 Å². The first-order valence-electron chi connectivity index (χ1n) is 8.42. The standard InChI is InChI=1S/C18H17BrClF2N3O3S/c1-28-12-4-2-11(3-5-12)8-23-29(26,27)10-15-17-14(20)7-6-13(19)18(17)25(24-15)9-16(21)22/h2-7,16,23H,8-10H2,1H3. The molecule has 0 radical (unpaired) electrons. The summed E-state index contributed by atoms with van der Waals surface area (Å²) in [6, 6.07) is 10.1. The minimum atomic E-state index is -3.80. The van der Waals surface area contributed by atoms with Crippen LogP contribution in [0.2, 0.25) is 5.02 Å². The SMILES string of the molecule is COc1ccc(CNS(=O)(=O)Cc2nn(CC(F)F)c3c(Br)ccc(Cl)c23)cc1. The molecule has 1 aromatic heterocycles. The molecule has 0 unspecified atom stereocenters. The topological polar surface area (TPSA) is 73.2 Å². The number of benzene rings is 2. The van der Waals surface area contributed by atoms with E-state index in [0.717, 1.165) is 10.2 Å². The summed E-state index contributed by atoms with van der Waals surface area (Å²) in [4.78, 5) is 0. The lowest BCUT2D eigenvalue weighted by molar-refractivity contribution is 0.123. The molecule has 6 nitrogen and oxygen atoms in total. The second-order valence-electron chi connectivity index (χ2n) is 6.20. The predicted octanol–water partition coefficient (Wildman–Crippen LogP) is 4.35. The van der Waals surface area contributed by atoms with E-state index in [0.29, 0.717) is 21.1 Å². The molecule has 3 aromatic rings. The Morgan fingerprint density at radius 1 is 1.24 bits per heavy atom. The number of nitrogens with zero attached hydrogens (tertiary/aromatic N) is 2. The zero-order valence-corrected chi connectivity index (χ0v) is 18.4. The van der Waals surface area contributed by atoms with Gasteiger partial charge in [0.25, 0.3) is 6.43 Å². The van der Waals surface area contributed by atoms with Crippen LogP contribution in [0.15, 0.2) is 40.9 Å². The van der Waals surface area contributed by atoms with Crippen molar-refractivity contribution in [3.8, 4) is 5.75 Å². The largest absolute Gasteiger partial charge is 0.497 e. The Morgan fingerprint density at radius 3 is 2.55 bits per heavy atom. The quantitative estimate of drug-likeness (QED) is 0.491. The zero-order valence-electron chi connectivity index (χ0n) is 15.2. The zero-order chi connectivity index (χ0) is 21.2. The van der Waals surface area contributed by atoms with Crippen molar-refractivity contribution < 1.29 is 21.9 Å². The fraction of sp³-hybridized carbons (Fsp3) is 0.278. The summed E-state index contributed by atoms with van der Waals surface area (Å²) < 4.78 is 60.2. The van der Waals surface area contributed by atoms with Crippen molar-refractivity contribution in [2.24, 2.45) is 0 Å². The molecular formula is C18H17BrClF2N3O3S. The fourth-order valence-corrected chi connectivity index (χ4v) is 4.69. The van der Waals surface area contributed by atoms with Gasteiger partial charge in [-0.3, -0.25) is 4.68 Å². The number of hydrogen-bond acceptors (Lipinski definition) is 4. The van der Waals surface area contributed by atoms with Crippen molar-refractivity contribution in [1.82, 2.24) is 14.5 Å². The maximum absolute atomic E-state index is 12.9. The number of hydrogen-bond donors (Lipinski definition) is 1. The van der Waals surface area contributed by atoms with Gasteiger partial charge in [0.15, 0.2) is 0 Å². The van der Waals surface area contributed by atoms with Crippen molar-refractivity contribution in [2.45, 2.75) is 25.3 Å². The average Bonchev–Trinajstić information content (AvgIpc) is 3.01. The van der Waals surface area contributed by atoms with Crippen LogP contribution in [-0.2, 0) is 28.9 Å². The van der Waals surface area contributed by atoms with Crippen LogP contribution in [-0.4, -0.2) is 31.7 Å². The van der Waals surface area contributed by atoms with Crippen LogP contribution in [0.5, 0.6) is 5.75 Å². The van der Waals surface area contributed by atoms with Crippen molar-refractivity contribution in [2.75, 3.05) is 7.11 Å². The number of sulfonamides is 1. The van der Waals surface area contributed by atoms with E-state index in [1.54, 1.807) is 43.5 Å². The third-order valence-electron chi connectivity index (χ3n) is 4.16. The summed E-state index contributed by atoms with van der Waals surface area (Å²) in [5.41, 5.74) is 1.18. The normalized spacial score (nSPS) is 12.1. The van der Waals surface area contributed by atoms with Crippen LogP contribution < -0.4 is 9.46 Å². The molecule has 0 aliphatic carbocycles. The molecular weight excluding hydrogens is 492 g/mol. The molecule has 0 amide bonds. The van der Waals surface area contributed by atoms with Crippen molar-refractivity contribution in [1.29, 1.82) is 0 Å². The number of rotatable bonds is 8. The van der Waals surface area contributed by atoms with Gasteiger partial charge in [0, 0.05) is 16.4 Å². The van der Waals surface area contributed by atoms with E-state index < -0.39 is 28.7 Å². The van der Waals surface area contributed by atoms with E-state index in [-0.39, 0.29) is 17.3 Å². The minimum absolute atomic E-state index is 0.0689. The summed E-state index contributed by atoms with van der Waals surface area (Å²) >= 11 is 9.52. The third-order valence-corrected chi connectivity index (χ3v) is 6.35. The lowest BCUT2D eigenvalue weighted by atomic mass is 10.2. The summed E-state index contributed by atoms with van der Waals surface area (Å²) in [5.74, 6) is 0.166. The molecule has 0 saturated heterocycles. The Labute approximate surface area is 180 Å². The minimum Gasteiger partial charge on any atom is -0.497 e. The van der Waals surface area contributed by atoms with Gasteiger partial charge in [0.1, 0.15) is 18.0 Å². The monoisotopic (exact) mass is 507 g/mol. The van der Waals surface area contributed by atoms with Crippen LogP contribution in [0.4, 0.5) is 8.78 Å². The lowest BCUT2D eigenvalue weighted by Crippen LogP contribution is -2.25. The highest BCUT2D eigenvalue weighted by Crippen LogP contribution is 2.33. The molecule has 1 N–H and O–H groups in total. The molecule has 0 bridgehead atoms. The van der Waals surface area contributed by atoms with E-state index in [9.17, 15) is 17.2 Å². The van der Waals surface area contributed by atoms with E-state index in [2.05, 4.69) is 25.8 Å². The molecule has 0 aliphatic rings. The molecule has 0 aliphatic heterocycles. The number of methoxy groups -OCH3 is 1. The molecule has 0 atom stereocenters. The third kappa shape index (κ3) is 5.25. The first-order valence-corrected chi connectivity index (χ1v) is 11.2. The van der Waals surface area contributed by atoms with Crippen molar-refractivity contribution in [3.63, 3.8) is 0 Å². The summed E-state index contributed by atoms with van der Waals surface area (Å²) in [6.45, 7) is -0.603. The molecule has 1 heterocycles. The van der Waals surface area contributed by atoms with E-state index in [1.165, 1.54) is 0 Å². The van der Waals surface area contributed by atoms with Crippen LogP contribution in [0.25, 0.3) is 10.9 Å². The highest BCUT2D eigenvalue weighted by Gasteiger charge is 2.22. The van der Waals surface area contributed by atoms with Gasteiger partial charge in [-0.25, -0.2) is 21.9 Å². The first kappa shape index (κ1) is 21.9. The van der Waals surface area contributed by atoms with Crippen molar-refractivity contribution in [3.05, 3.63) is 57.2 Å². The highest BCUT2D eigenvalue weighted by atomic mass is 79.9.